The molecular weight excluding hydrogens is 236 g/mol. The van der Waals surface area contributed by atoms with Crippen LogP contribution in [0.15, 0.2) is 0 Å². The van der Waals surface area contributed by atoms with E-state index in [0.717, 1.165) is 19.0 Å². The average Bonchev–Trinajstić information content (AvgIpc) is 2.74. The van der Waals surface area contributed by atoms with Crippen LogP contribution in [0.3, 0.4) is 0 Å². The third-order valence-electron chi connectivity index (χ3n) is 4.41. The Bertz CT molecular complexity index is 280. The van der Waals surface area contributed by atoms with E-state index >= 15 is 0 Å². The van der Waals surface area contributed by atoms with E-state index in [1.54, 1.807) is 6.92 Å². The lowest BCUT2D eigenvalue weighted by molar-refractivity contribution is -0.131. The molecule has 0 N–H and O–H groups in total. The van der Waals surface area contributed by atoms with Crippen molar-refractivity contribution in [1.82, 2.24) is 9.80 Å². The van der Waals surface area contributed by atoms with Gasteiger partial charge in [0.25, 0.3) is 0 Å². The van der Waals surface area contributed by atoms with Crippen LogP contribution in [-0.4, -0.2) is 48.4 Å². The maximum Gasteiger partial charge on any atom is 0.219 e. The molecule has 0 aliphatic carbocycles. The summed E-state index contributed by atoms with van der Waals surface area (Å²) in [7, 11) is 0. The van der Waals surface area contributed by atoms with Gasteiger partial charge in [-0.05, 0) is 37.1 Å². The predicted molar refractivity (Wildman–Crippen MR) is 81.2 cm³/mol. The minimum Gasteiger partial charge on any atom is -0.343 e. The number of hydrogen-bond acceptors (Lipinski definition) is 2. The van der Waals surface area contributed by atoms with Crippen LogP contribution in [0.2, 0.25) is 0 Å². The molecule has 0 unspecified atom stereocenters. The second kappa shape index (κ2) is 7.28. The number of nitrogens with zero attached hydrogens (tertiary/aromatic N) is 2. The van der Waals surface area contributed by atoms with E-state index in [4.69, 9.17) is 0 Å². The van der Waals surface area contributed by atoms with Crippen molar-refractivity contribution < 1.29 is 4.79 Å². The number of carbonyl (C=O) groups is 1. The molecule has 0 atom stereocenters. The van der Waals surface area contributed by atoms with E-state index in [-0.39, 0.29) is 5.91 Å². The van der Waals surface area contributed by atoms with Crippen molar-refractivity contribution in [3.8, 4) is 0 Å². The van der Waals surface area contributed by atoms with Gasteiger partial charge in [0, 0.05) is 33.1 Å². The second-order valence-electron chi connectivity index (χ2n) is 6.39. The molecule has 0 aromatic carbocycles. The Morgan fingerprint density at radius 1 is 1.11 bits per heavy atom. The molecule has 0 saturated carbocycles. The first-order chi connectivity index (χ1) is 9.01. The van der Waals surface area contributed by atoms with Crippen molar-refractivity contribution in [2.75, 3.05) is 32.7 Å². The van der Waals surface area contributed by atoms with E-state index in [1.165, 1.54) is 38.9 Å². The van der Waals surface area contributed by atoms with Crippen molar-refractivity contribution >= 4 is 5.91 Å². The second-order valence-corrected chi connectivity index (χ2v) is 6.39. The lowest BCUT2D eigenvalue weighted by Gasteiger charge is -2.39. The Morgan fingerprint density at radius 2 is 1.63 bits per heavy atom. The summed E-state index contributed by atoms with van der Waals surface area (Å²) in [6.45, 7) is 16.0. The van der Waals surface area contributed by atoms with Crippen LogP contribution < -0.4 is 0 Å². The lowest BCUT2D eigenvalue weighted by atomic mass is 9.78. The molecule has 3 nitrogen and oxygen atoms in total. The zero-order chi connectivity index (χ0) is 14.5. The molecule has 112 valence electrons. The van der Waals surface area contributed by atoms with E-state index in [0.29, 0.717) is 5.41 Å². The molecule has 0 bridgehead atoms. The number of hydrogen-bond donors (Lipinski definition) is 0. The summed E-state index contributed by atoms with van der Waals surface area (Å²) >= 11 is 0. The van der Waals surface area contributed by atoms with Gasteiger partial charge in [0.2, 0.25) is 5.91 Å². The van der Waals surface area contributed by atoms with Crippen LogP contribution in [-0.2, 0) is 4.79 Å². The fourth-order valence-corrected chi connectivity index (χ4v) is 3.40. The lowest BCUT2D eigenvalue weighted by Crippen LogP contribution is -2.43. The quantitative estimate of drug-likeness (QED) is 0.768. The first kappa shape index (κ1) is 16.5. The zero-order valence-corrected chi connectivity index (χ0v) is 13.5. The van der Waals surface area contributed by atoms with Gasteiger partial charge >= 0.3 is 0 Å². The molecule has 1 amide bonds. The van der Waals surface area contributed by atoms with Gasteiger partial charge in [0.1, 0.15) is 0 Å². The topological polar surface area (TPSA) is 23.6 Å². The summed E-state index contributed by atoms with van der Waals surface area (Å²) in [5, 5.41) is 0. The smallest absolute Gasteiger partial charge is 0.219 e. The fraction of sp³-hybridized carbons (Fsp3) is 0.938. The zero-order valence-electron chi connectivity index (χ0n) is 13.5. The van der Waals surface area contributed by atoms with Crippen molar-refractivity contribution in [1.29, 1.82) is 0 Å². The number of amides is 1. The molecule has 0 aromatic heterocycles. The monoisotopic (exact) mass is 268 g/mol. The van der Waals surface area contributed by atoms with Crippen LogP contribution in [0.25, 0.3) is 0 Å². The number of piperidine rings is 1. The molecule has 0 aromatic rings. The number of likely N-dealkylation sites (tertiary alicyclic amines) is 2. The van der Waals surface area contributed by atoms with Crippen LogP contribution in [0.5, 0.6) is 0 Å². The first-order valence-electron chi connectivity index (χ1n) is 7.99. The minimum absolute atomic E-state index is 0.247. The average molecular weight is 268 g/mol. The third-order valence-corrected chi connectivity index (χ3v) is 4.41. The fourth-order valence-electron chi connectivity index (χ4n) is 3.40. The number of rotatable bonds is 2. The molecule has 2 saturated heterocycles. The SMILES string of the molecule is CC.CC(=O)N1CCC2(CCN(CC(C)C)C2)CC1. The largest absolute Gasteiger partial charge is 0.343 e. The standard InChI is InChI=1S/C14H26N2O.C2H6/c1-12(2)10-15-7-4-14(11-15)5-8-16(9-6-14)13(3)17;1-2/h12H,4-11H2,1-3H3;1-2H3. The van der Waals surface area contributed by atoms with Crippen molar-refractivity contribution in [2.24, 2.45) is 11.3 Å². The molecular formula is C16H32N2O. The van der Waals surface area contributed by atoms with Crippen molar-refractivity contribution in [3.05, 3.63) is 0 Å². The highest BCUT2D eigenvalue weighted by molar-refractivity contribution is 5.73. The minimum atomic E-state index is 0.247. The normalized spacial score (nSPS) is 22.5. The first-order valence-corrected chi connectivity index (χ1v) is 7.99. The Balaban J connectivity index is 0.000000861. The summed E-state index contributed by atoms with van der Waals surface area (Å²) in [6.07, 6.45) is 3.76. The Morgan fingerprint density at radius 3 is 2.11 bits per heavy atom. The number of carbonyl (C=O) groups excluding carboxylic acids is 1. The van der Waals surface area contributed by atoms with E-state index in [9.17, 15) is 4.79 Å². The molecule has 3 heteroatoms. The Labute approximate surface area is 119 Å². The van der Waals surface area contributed by atoms with Crippen molar-refractivity contribution in [2.45, 2.75) is 53.9 Å². The highest BCUT2D eigenvalue weighted by Gasteiger charge is 2.40. The van der Waals surface area contributed by atoms with Crippen LogP contribution in [0, 0.1) is 11.3 Å². The van der Waals surface area contributed by atoms with E-state index < -0.39 is 0 Å². The molecule has 2 heterocycles. The Hall–Kier alpha value is -0.570. The van der Waals surface area contributed by atoms with E-state index in [1.807, 2.05) is 18.7 Å². The predicted octanol–water partition coefficient (Wildman–Crippen LogP) is 3.00. The van der Waals surface area contributed by atoms with Gasteiger partial charge in [-0.25, -0.2) is 0 Å². The summed E-state index contributed by atoms with van der Waals surface area (Å²) in [4.78, 5) is 16.0. The van der Waals surface area contributed by atoms with Gasteiger partial charge in [-0.2, -0.15) is 0 Å². The maximum atomic E-state index is 11.3. The highest BCUT2D eigenvalue weighted by atomic mass is 16.2. The maximum absolute atomic E-state index is 11.3. The Kier molecular flexibility index (Phi) is 6.31. The van der Waals surface area contributed by atoms with Gasteiger partial charge in [-0.1, -0.05) is 27.7 Å². The van der Waals surface area contributed by atoms with Gasteiger partial charge in [-0.3, -0.25) is 4.79 Å². The molecule has 2 rings (SSSR count). The van der Waals surface area contributed by atoms with Gasteiger partial charge < -0.3 is 9.80 Å². The van der Waals surface area contributed by atoms with Gasteiger partial charge in [0.05, 0.1) is 0 Å². The van der Waals surface area contributed by atoms with Gasteiger partial charge in [0.15, 0.2) is 0 Å². The van der Waals surface area contributed by atoms with Crippen LogP contribution in [0.4, 0.5) is 0 Å². The summed E-state index contributed by atoms with van der Waals surface area (Å²) in [5.74, 6) is 1.01. The van der Waals surface area contributed by atoms with Crippen LogP contribution in [0.1, 0.15) is 53.9 Å². The molecule has 19 heavy (non-hydrogen) atoms. The summed E-state index contributed by atoms with van der Waals surface area (Å²) in [6, 6.07) is 0. The summed E-state index contributed by atoms with van der Waals surface area (Å²) < 4.78 is 0. The molecule has 1 spiro atoms. The van der Waals surface area contributed by atoms with Crippen LogP contribution >= 0.6 is 0 Å². The van der Waals surface area contributed by atoms with E-state index in [2.05, 4.69) is 18.7 Å². The highest BCUT2D eigenvalue weighted by Crippen LogP contribution is 2.40. The van der Waals surface area contributed by atoms with Gasteiger partial charge in [-0.15, -0.1) is 0 Å². The summed E-state index contributed by atoms with van der Waals surface area (Å²) in [5.41, 5.74) is 0.529. The van der Waals surface area contributed by atoms with Crippen molar-refractivity contribution in [3.63, 3.8) is 0 Å². The molecule has 2 aliphatic heterocycles. The third kappa shape index (κ3) is 4.48. The molecule has 0 radical (unpaired) electrons. The molecule has 2 aliphatic rings. The molecule has 2 fully saturated rings.